The van der Waals surface area contributed by atoms with E-state index >= 15 is 0 Å². The Labute approximate surface area is 226 Å². The van der Waals surface area contributed by atoms with Crippen LogP contribution in [-0.2, 0) is 21.4 Å². The van der Waals surface area contributed by atoms with Gasteiger partial charge >= 0.3 is 12.3 Å². The van der Waals surface area contributed by atoms with Crippen LogP contribution < -0.4 is 5.32 Å². The van der Waals surface area contributed by atoms with Crippen LogP contribution in [-0.4, -0.2) is 79.3 Å². The summed E-state index contributed by atoms with van der Waals surface area (Å²) in [6, 6.07) is 10.4. The molecule has 0 aliphatic carbocycles. The monoisotopic (exact) mass is 594 g/mol. The van der Waals surface area contributed by atoms with Gasteiger partial charge in [-0.25, -0.2) is 13.2 Å². The molecule has 0 atom stereocenters. The number of Topliss-reactive ketones (excluding diaryl/α,β-unsaturated/α-hetero) is 1. The maximum absolute atomic E-state index is 13.1. The van der Waals surface area contributed by atoms with E-state index in [2.05, 4.69) is 10.3 Å². The van der Waals surface area contributed by atoms with Gasteiger partial charge in [-0.3, -0.25) is 14.7 Å². The molecule has 0 bridgehead atoms. The Morgan fingerprint density at radius 2 is 1.82 bits per heavy atom. The molecule has 0 saturated carbocycles. The number of hydrogen-bond donors (Lipinski definition) is 2. The summed E-state index contributed by atoms with van der Waals surface area (Å²) in [5.74, 6) is -0.150. The van der Waals surface area contributed by atoms with Gasteiger partial charge in [0, 0.05) is 25.1 Å². The lowest BCUT2D eigenvalue weighted by Crippen LogP contribution is -2.40. The van der Waals surface area contributed by atoms with E-state index in [4.69, 9.17) is 23.2 Å². The molecule has 3 rings (SSSR count). The van der Waals surface area contributed by atoms with Gasteiger partial charge < -0.3 is 10.4 Å². The second-order valence-corrected chi connectivity index (χ2v) is 10.9. The molecule has 9 nitrogen and oxygen atoms in total. The topological polar surface area (TPSA) is 119 Å². The third-order valence-electron chi connectivity index (χ3n) is 5.46. The first-order chi connectivity index (χ1) is 17.8. The van der Waals surface area contributed by atoms with Crippen LogP contribution in [0.1, 0.15) is 17.5 Å². The number of rotatable bonds is 11. The number of carbonyl (C=O) groups excluding carboxylic acids is 1. The maximum atomic E-state index is 13.1. The second kappa shape index (κ2) is 12.4. The number of ketones is 1. The highest BCUT2D eigenvalue weighted by atomic mass is 35.5. The number of aliphatic imine (C=N–C) groups is 1. The molecule has 0 saturated heterocycles. The Morgan fingerprint density at radius 1 is 1.13 bits per heavy atom. The van der Waals surface area contributed by atoms with Crippen LogP contribution in [0.5, 0.6) is 0 Å². The Kier molecular flexibility index (Phi) is 9.76. The fraction of sp³-hybridized carbons (Fsp3) is 0.348. The zero-order valence-electron chi connectivity index (χ0n) is 19.7. The molecule has 1 aliphatic heterocycles. The highest BCUT2D eigenvalue weighted by Gasteiger charge is 2.38. The molecule has 1 amide bonds. The van der Waals surface area contributed by atoms with Crippen LogP contribution in [0, 0.1) is 0 Å². The molecule has 0 aromatic heterocycles. The molecule has 2 aromatic rings. The summed E-state index contributed by atoms with van der Waals surface area (Å²) in [6.45, 7) is -1.81. The van der Waals surface area contributed by atoms with Crippen LogP contribution in [0.3, 0.4) is 0 Å². The van der Waals surface area contributed by atoms with Crippen molar-refractivity contribution in [3.05, 3.63) is 63.6 Å². The molecule has 2 aromatic carbocycles. The largest absolute Gasteiger partial charge is 0.465 e. The zero-order valence-corrected chi connectivity index (χ0v) is 22.0. The number of carboxylic acid groups (broad SMARTS) is 1. The number of carbonyl (C=O) groups is 2. The van der Waals surface area contributed by atoms with Gasteiger partial charge in [-0.2, -0.15) is 17.5 Å². The molecule has 2 N–H and O–H groups in total. The van der Waals surface area contributed by atoms with Crippen LogP contribution in [0.25, 0.3) is 0 Å². The van der Waals surface area contributed by atoms with E-state index in [0.717, 1.165) is 16.5 Å². The summed E-state index contributed by atoms with van der Waals surface area (Å²) in [4.78, 5) is 28.4. The Morgan fingerprint density at radius 3 is 2.45 bits per heavy atom. The lowest BCUT2D eigenvalue weighted by molar-refractivity contribution is -0.137. The lowest BCUT2D eigenvalue weighted by atomic mass is 10.1. The fourth-order valence-corrected chi connectivity index (χ4v) is 5.80. The average molecular weight is 595 g/mol. The molecule has 1 heterocycles. The van der Waals surface area contributed by atoms with E-state index < -0.39 is 57.5 Å². The normalized spacial score (nSPS) is 14.2. The van der Waals surface area contributed by atoms with E-state index in [1.807, 2.05) is 0 Å². The van der Waals surface area contributed by atoms with E-state index in [1.165, 1.54) is 12.1 Å². The summed E-state index contributed by atoms with van der Waals surface area (Å²) in [5.41, 5.74) is 1.38. The Bertz CT molecular complexity index is 1320. The minimum Gasteiger partial charge on any atom is -0.465 e. The number of nitrogens with one attached hydrogen (secondary N) is 1. The van der Waals surface area contributed by atoms with Crippen LogP contribution >= 0.6 is 23.2 Å². The van der Waals surface area contributed by atoms with Crippen molar-refractivity contribution in [2.45, 2.75) is 24.0 Å². The first-order valence-corrected chi connectivity index (χ1v) is 13.4. The van der Waals surface area contributed by atoms with Gasteiger partial charge in [-0.15, -0.1) is 0 Å². The molecule has 0 radical (unpaired) electrons. The van der Waals surface area contributed by atoms with Crippen molar-refractivity contribution in [1.82, 2.24) is 14.5 Å². The van der Waals surface area contributed by atoms with Crippen molar-refractivity contribution < 1.29 is 36.3 Å². The number of hydrogen-bond acceptors (Lipinski definition) is 6. The number of amides is 1. The first kappa shape index (κ1) is 29.8. The van der Waals surface area contributed by atoms with Crippen LogP contribution in [0.2, 0.25) is 10.0 Å². The first-order valence-electron chi connectivity index (χ1n) is 11.2. The predicted molar refractivity (Wildman–Crippen MR) is 135 cm³/mol. The average Bonchev–Trinajstić information content (AvgIpc) is 3.33. The van der Waals surface area contributed by atoms with E-state index in [0.29, 0.717) is 17.9 Å². The number of alkyl halides is 3. The van der Waals surface area contributed by atoms with Gasteiger partial charge in [0.15, 0.2) is 0 Å². The van der Waals surface area contributed by atoms with Crippen molar-refractivity contribution in [2.75, 3.05) is 32.7 Å². The van der Waals surface area contributed by atoms with Gasteiger partial charge in [0.25, 0.3) is 0 Å². The van der Waals surface area contributed by atoms with Gasteiger partial charge in [-0.05, 0) is 17.7 Å². The van der Waals surface area contributed by atoms with Gasteiger partial charge in [0.1, 0.15) is 23.1 Å². The molecule has 206 valence electrons. The summed E-state index contributed by atoms with van der Waals surface area (Å²) < 4.78 is 65.3. The number of nitrogens with zero attached hydrogens (tertiary/aromatic N) is 3. The maximum Gasteiger partial charge on any atom is 0.413 e. The summed E-state index contributed by atoms with van der Waals surface area (Å²) >= 11 is 11.7. The van der Waals surface area contributed by atoms with Crippen molar-refractivity contribution in [3.8, 4) is 0 Å². The smallest absolute Gasteiger partial charge is 0.413 e. The van der Waals surface area contributed by atoms with Gasteiger partial charge in [0.05, 0.1) is 29.7 Å². The van der Waals surface area contributed by atoms with E-state index in [9.17, 15) is 36.3 Å². The molecule has 15 heteroatoms. The van der Waals surface area contributed by atoms with Gasteiger partial charge in [0.2, 0.25) is 10.0 Å². The predicted octanol–water partition coefficient (Wildman–Crippen LogP) is 4.04. The SMILES string of the molecule is O=C(CCN(CC(F)(F)F)S(=O)(=O)c1cccc(Cl)c1Cl)CNCc1ccc(C2=NCCN2C(=O)O)cc1. The zero-order chi connectivity index (χ0) is 28.1. The van der Waals surface area contributed by atoms with Gasteiger partial charge in [-0.1, -0.05) is 53.5 Å². The molecule has 0 fully saturated rings. The molecule has 1 aliphatic rings. The third-order valence-corrected chi connectivity index (χ3v) is 8.28. The minimum atomic E-state index is -4.85. The van der Waals surface area contributed by atoms with Crippen molar-refractivity contribution in [3.63, 3.8) is 0 Å². The molecule has 0 unspecified atom stereocenters. The molecule has 38 heavy (non-hydrogen) atoms. The lowest BCUT2D eigenvalue weighted by Gasteiger charge is -2.24. The molecular weight excluding hydrogens is 572 g/mol. The number of sulfonamides is 1. The molecular formula is C23H23Cl2F3N4O5S. The van der Waals surface area contributed by atoms with E-state index in [-0.39, 0.29) is 29.0 Å². The number of halogens is 5. The van der Waals surface area contributed by atoms with E-state index in [1.54, 1.807) is 24.3 Å². The standard InChI is InChI=1S/C23H23Cl2F3N4O5S/c24-18-2-1-3-19(20(18)25)38(36,37)31(14-23(26,27)28)10-8-17(33)13-29-12-15-4-6-16(7-5-15)21-30-9-11-32(21)22(34)35/h1-7,29H,8-14H2,(H,34,35). The summed E-state index contributed by atoms with van der Waals surface area (Å²) in [7, 11) is -4.69. The summed E-state index contributed by atoms with van der Waals surface area (Å²) in [5, 5.41) is 11.5. The van der Waals surface area contributed by atoms with Crippen LogP contribution in [0.4, 0.5) is 18.0 Å². The third kappa shape index (κ3) is 7.67. The molecule has 0 spiro atoms. The fourth-order valence-electron chi connectivity index (χ4n) is 3.64. The second-order valence-electron chi connectivity index (χ2n) is 8.23. The van der Waals surface area contributed by atoms with Crippen LogP contribution in [0.15, 0.2) is 52.4 Å². The highest BCUT2D eigenvalue weighted by Crippen LogP contribution is 2.32. The van der Waals surface area contributed by atoms with Crippen molar-refractivity contribution in [2.24, 2.45) is 4.99 Å². The van der Waals surface area contributed by atoms with Crippen molar-refractivity contribution >= 4 is 50.9 Å². The number of benzene rings is 2. The Hall–Kier alpha value is -2.71. The highest BCUT2D eigenvalue weighted by molar-refractivity contribution is 7.89. The Balaban J connectivity index is 1.57. The quantitative estimate of drug-likeness (QED) is 0.405. The number of amidine groups is 1. The summed E-state index contributed by atoms with van der Waals surface area (Å²) in [6.07, 6.45) is -6.41. The minimum absolute atomic E-state index is 0.136. The van der Waals surface area contributed by atoms with Crippen molar-refractivity contribution in [1.29, 1.82) is 0 Å².